The summed E-state index contributed by atoms with van der Waals surface area (Å²) in [7, 11) is 1.58. The van der Waals surface area contributed by atoms with Crippen LogP contribution in [0.2, 0.25) is 0 Å². The van der Waals surface area contributed by atoms with Crippen molar-refractivity contribution in [3.05, 3.63) is 28.5 Å². The van der Waals surface area contributed by atoms with E-state index >= 15 is 0 Å². The summed E-state index contributed by atoms with van der Waals surface area (Å²) >= 11 is 8.14. The van der Waals surface area contributed by atoms with Gasteiger partial charge in [0.25, 0.3) is 5.91 Å². The van der Waals surface area contributed by atoms with Gasteiger partial charge in [0.1, 0.15) is 11.6 Å². The Hall–Kier alpha value is -1.45. The monoisotopic (exact) mass is 393 g/mol. The molecule has 0 radical (unpaired) electrons. The van der Waals surface area contributed by atoms with Crippen LogP contribution in [0.1, 0.15) is 6.92 Å². The smallest absolute Gasteiger partial charge is 0.276 e. The number of carbonyl (C=O) groups is 1. The lowest BCUT2D eigenvalue weighted by molar-refractivity contribution is -0.123. The summed E-state index contributed by atoms with van der Waals surface area (Å²) in [6.07, 6.45) is 0. The highest BCUT2D eigenvalue weighted by molar-refractivity contribution is 9.10. The number of methoxy groups -OCH3 is 1. The number of amides is 1. The number of halogens is 2. The average Bonchev–Trinajstić information content (AvgIpc) is 2.44. The Bertz CT molecular complexity index is 533. The molecular weight excluding hydrogens is 377 g/mol. The van der Waals surface area contributed by atoms with Crippen LogP contribution >= 0.6 is 28.1 Å². The maximum absolute atomic E-state index is 12.9. The van der Waals surface area contributed by atoms with E-state index in [2.05, 4.69) is 32.1 Å². The molecule has 22 heavy (non-hydrogen) atoms. The first kappa shape index (κ1) is 18.6. The van der Waals surface area contributed by atoms with Crippen molar-refractivity contribution in [1.29, 1.82) is 0 Å². The number of hydrogen-bond acceptors (Lipinski definition) is 4. The molecule has 0 saturated carbocycles. The van der Waals surface area contributed by atoms with Crippen LogP contribution in [0, 0.1) is 5.82 Å². The number of ether oxygens (including phenoxy) is 2. The van der Waals surface area contributed by atoms with Crippen molar-refractivity contribution in [2.24, 2.45) is 0 Å². The zero-order valence-corrected chi connectivity index (χ0v) is 14.5. The van der Waals surface area contributed by atoms with Gasteiger partial charge in [0.15, 0.2) is 11.7 Å². The maximum atomic E-state index is 12.9. The van der Waals surface area contributed by atoms with Crippen molar-refractivity contribution in [3.8, 4) is 5.75 Å². The first-order valence-electron chi connectivity index (χ1n) is 6.34. The number of rotatable bonds is 6. The van der Waals surface area contributed by atoms with Gasteiger partial charge in [-0.2, -0.15) is 0 Å². The van der Waals surface area contributed by atoms with Gasteiger partial charge in [-0.15, -0.1) is 0 Å². The molecule has 1 rings (SSSR count). The molecule has 9 heteroatoms. The Morgan fingerprint density at radius 3 is 2.82 bits per heavy atom. The minimum absolute atomic E-state index is 0.00771. The number of carbonyl (C=O) groups excluding carboxylic acids is 1. The largest absolute Gasteiger partial charge is 0.483 e. The molecule has 6 nitrogen and oxygen atoms in total. The maximum Gasteiger partial charge on any atom is 0.276 e. The van der Waals surface area contributed by atoms with Crippen LogP contribution < -0.4 is 20.9 Å². The molecule has 0 aromatic heterocycles. The number of hydrogen-bond donors (Lipinski definition) is 3. The van der Waals surface area contributed by atoms with Gasteiger partial charge < -0.3 is 14.8 Å². The fourth-order valence-electron chi connectivity index (χ4n) is 1.45. The van der Waals surface area contributed by atoms with Crippen LogP contribution in [0.5, 0.6) is 5.75 Å². The summed E-state index contributed by atoms with van der Waals surface area (Å²) < 4.78 is 23.5. The molecule has 3 N–H and O–H groups in total. The fourth-order valence-corrected chi connectivity index (χ4v) is 2.17. The highest BCUT2D eigenvalue weighted by Gasteiger charge is 2.08. The molecule has 1 atom stereocenters. The zero-order chi connectivity index (χ0) is 16.5. The molecule has 1 aromatic carbocycles. The van der Waals surface area contributed by atoms with Gasteiger partial charge in [0.2, 0.25) is 0 Å². The summed E-state index contributed by atoms with van der Waals surface area (Å²) in [5.41, 5.74) is 4.93. The number of thiocarbonyl (C=S) groups is 1. The minimum atomic E-state index is -0.431. The Labute approximate surface area is 141 Å². The Morgan fingerprint density at radius 2 is 2.18 bits per heavy atom. The van der Waals surface area contributed by atoms with Gasteiger partial charge in [-0.25, -0.2) is 4.39 Å². The quantitative estimate of drug-likeness (QED) is 0.502. The third-order valence-electron chi connectivity index (χ3n) is 2.36. The molecule has 0 spiro atoms. The molecule has 122 valence electrons. The van der Waals surface area contributed by atoms with Crippen LogP contribution in [0.3, 0.4) is 0 Å². The highest BCUT2D eigenvalue weighted by Crippen LogP contribution is 2.25. The molecule has 0 aliphatic rings. The van der Waals surface area contributed by atoms with Crippen LogP contribution in [0.25, 0.3) is 0 Å². The summed E-state index contributed by atoms with van der Waals surface area (Å²) in [5, 5.41) is 3.18. The molecule has 0 saturated heterocycles. The van der Waals surface area contributed by atoms with E-state index in [4.69, 9.17) is 21.7 Å². The lowest BCUT2D eigenvalue weighted by Gasteiger charge is -2.16. The van der Waals surface area contributed by atoms with Gasteiger partial charge in [0, 0.05) is 13.2 Å². The topological polar surface area (TPSA) is 71.6 Å². The Kier molecular flexibility index (Phi) is 8.07. The molecule has 0 fully saturated rings. The van der Waals surface area contributed by atoms with Crippen LogP contribution in [0.4, 0.5) is 4.39 Å². The molecule has 0 heterocycles. The standard InChI is InChI=1S/C13H17BrFN3O3S/c1-8(6-20-2)16-13(22)18-17-12(19)7-21-11-4-3-9(15)5-10(11)14/h3-5,8H,6-7H2,1-2H3,(H,17,19)(H2,16,18,22)/t8-/m0/s1. The predicted molar refractivity (Wildman–Crippen MR) is 87.9 cm³/mol. The normalized spacial score (nSPS) is 11.5. The van der Waals surface area contributed by atoms with E-state index in [0.717, 1.165) is 0 Å². The summed E-state index contributed by atoms with van der Waals surface area (Å²) in [6, 6.07) is 3.93. The van der Waals surface area contributed by atoms with Gasteiger partial charge in [-0.3, -0.25) is 15.6 Å². The van der Waals surface area contributed by atoms with E-state index in [0.29, 0.717) is 16.8 Å². The van der Waals surface area contributed by atoms with Crippen LogP contribution in [0.15, 0.2) is 22.7 Å². The SMILES string of the molecule is COC[C@H](C)NC(=S)NNC(=O)COc1ccc(F)cc1Br. The van der Waals surface area contributed by atoms with Crippen molar-refractivity contribution >= 4 is 39.2 Å². The second kappa shape index (κ2) is 9.54. The first-order chi connectivity index (χ1) is 10.4. The molecular formula is C13H17BrFN3O3S. The zero-order valence-electron chi connectivity index (χ0n) is 12.1. The third-order valence-corrected chi connectivity index (χ3v) is 3.20. The molecule has 0 aliphatic carbocycles. The number of hydrazine groups is 1. The minimum Gasteiger partial charge on any atom is -0.483 e. The second-order valence-corrected chi connectivity index (χ2v) is 5.63. The van der Waals surface area contributed by atoms with E-state index in [1.165, 1.54) is 18.2 Å². The molecule has 1 amide bonds. The average molecular weight is 394 g/mol. The predicted octanol–water partition coefficient (Wildman–Crippen LogP) is 1.50. The highest BCUT2D eigenvalue weighted by atomic mass is 79.9. The molecule has 0 unspecified atom stereocenters. The van der Waals surface area contributed by atoms with E-state index in [1.807, 2.05) is 6.92 Å². The van der Waals surface area contributed by atoms with Crippen molar-refractivity contribution in [1.82, 2.24) is 16.2 Å². The van der Waals surface area contributed by atoms with Crippen LogP contribution in [-0.2, 0) is 9.53 Å². The Balaban J connectivity index is 2.30. The lowest BCUT2D eigenvalue weighted by atomic mass is 10.3. The van der Waals surface area contributed by atoms with E-state index < -0.39 is 11.7 Å². The fraction of sp³-hybridized carbons (Fsp3) is 0.385. The summed E-state index contributed by atoms with van der Waals surface area (Å²) in [4.78, 5) is 11.6. The number of nitrogens with one attached hydrogen (secondary N) is 3. The van der Waals surface area contributed by atoms with Gasteiger partial charge >= 0.3 is 0 Å². The van der Waals surface area contributed by atoms with Crippen molar-refractivity contribution < 1.29 is 18.7 Å². The third kappa shape index (κ3) is 7.01. The lowest BCUT2D eigenvalue weighted by Crippen LogP contribution is -2.50. The molecule has 0 bridgehead atoms. The molecule has 1 aromatic rings. The Morgan fingerprint density at radius 1 is 1.45 bits per heavy atom. The van der Waals surface area contributed by atoms with Crippen LogP contribution in [-0.4, -0.2) is 37.4 Å². The molecule has 0 aliphatic heterocycles. The van der Waals surface area contributed by atoms with E-state index in [1.54, 1.807) is 7.11 Å². The van der Waals surface area contributed by atoms with Gasteiger partial charge in [0.05, 0.1) is 11.1 Å². The first-order valence-corrected chi connectivity index (χ1v) is 7.54. The van der Waals surface area contributed by atoms with Gasteiger partial charge in [-0.05, 0) is 53.3 Å². The van der Waals surface area contributed by atoms with E-state index in [9.17, 15) is 9.18 Å². The summed E-state index contributed by atoms with van der Waals surface area (Å²) in [5.74, 6) is -0.460. The second-order valence-electron chi connectivity index (χ2n) is 4.37. The summed E-state index contributed by atoms with van der Waals surface area (Å²) in [6.45, 7) is 2.12. The van der Waals surface area contributed by atoms with Crippen molar-refractivity contribution in [3.63, 3.8) is 0 Å². The number of benzene rings is 1. The van der Waals surface area contributed by atoms with Gasteiger partial charge in [-0.1, -0.05) is 0 Å². The van der Waals surface area contributed by atoms with Crippen molar-refractivity contribution in [2.75, 3.05) is 20.3 Å². The van der Waals surface area contributed by atoms with Crippen molar-refractivity contribution in [2.45, 2.75) is 13.0 Å². The van der Waals surface area contributed by atoms with E-state index in [-0.39, 0.29) is 17.8 Å².